The van der Waals surface area contributed by atoms with Crippen molar-refractivity contribution < 1.29 is 0 Å². The van der Waals surface area contributed by atoms with Crippen LogP contribution in [0.2, 0.25) is 0 Å². The van der Waals surface area contributed by atoms with E-state index in [1.54, 1.807) is 11.3 Å². The van der Waals surface area contributed by atoms with Crippen LogP contribution < -0.4 is 10.6 Å². The van der Waals surface area contributed by atoms with E-state index < -0.39 is 0 Å². The molecule has 1 atom stereocenters. The summed E-state index contributed by atoms with van der Waals surface area (Å²) < 4.78 is 0. The minimum Gasteiger partial charge on any atom is -0.349 e. The summed E-state index contributed by atoms with van der Waals surface area (Å²) in [5, 5.41) is 3.17. The van der Waals surface area contributed by atoms with E-state index in [0.29, 0.717) is 6.04 Å². The summed E-state index contributed by atoms with van der Waals surface area (Å²) in [4.78, 5) is 6.84. The van der Waals surface area contributed by atoms with Gasteiger partial charge in [0.15, 0.2) is 5.13 Å². The number of anilines is 1. The highest BCUT2D eigenvalue weighted by Crippen LogP contribution is 2.23. The molecule has 0 spiro atoms. The fraction of sp³-hybridized carbons (Fsp3) is 0.400. The minimum atomic E-state index is 0.0144. The lowest BCUT2D eigenvalue weighted by molar-refractivity contribution is 0.704. The van der Waals surface area contributed by atoms with Crippen molar-refractivity contribution >= 4 is 16.5 Å². The summed E-state index contributed by atoms with van der Waals surface area (Å²) in [5.41, 5.74) is 8.46. The highest BCUT2D eigenvalue weighted by molar-refractivity contribution is 7.13. The van der Waals surface area contributed by atoms with Crippen molar-refractivity contribution in [1.29, 1.82) is 0 Å². The van der Waals surface area contributed by atoms with Crippen LogP contribution in [-0.4, -0.2) is 18.1 Å². The zero-order valence-electron chi connectivity index (χ0n) is 11.7. The number of thiazole rings is 1. The Hall–Kier alpha value is -1.39. The van der Waals surface area contributed by atoms with E-state index in [2.05, 4.69) is 48.3 Å². The maximum atomic E-state index is 6.22. The number of nitrogens with zero attached hydrogens (tertiary/aromatic N) is 2. The number of hydrogen-bond donors (Lipinski definition) is 1. The van der Waals surface area contributed by atoms with E-state index in [9.17, 15) is 0 Å². The molecular weight excluding hydrogens is 254 g/mol. The molecule has 19 heavy (non-hydrogen) atoms. The minimum absolute atomic E-state index is 0.0144. The Morgan fingerprint density at radius 1 is 1.26 bits per heavy atom. The number of benzene rings is 1. The van der Waals surface area contributed by atoms with E-state index in [0.717, 1.165) is 22.8 Å². The maximum Gasteiger partial charge on any atom is 0.185 e. The van der Waals surface area contributed by atoms with Gasteiger partial charge in [-0.15, -0.1) is 11.3 Å². The molecule has 1 aromatic heterocycles. The molecule has 1 unspecified atom stereocenters. The Bertz CT molecular complexity index is 507. The van der Waals surface area contributed by atoms with Crippen molar-refractivity contribution in [2.45, 2.75) is 32.4 Å². The molecule has 4 heteroatoms. The van der Waals surface area contributed by atoms with Crippen LogP contribution >= 0.6 is 11.3 Å². The van der Waals surface area contributed by atoms with Gasteiger partial charge in [0.1, 0.15) is 0 Å². The lowest BCUT2D eigenvalue weighted by atomic mass is 10.0. The fourth-order valence-corrected chi connectivity index (χ4v) is 2.75. The van der Waals surface area contributed by atoms with Gasteiger partial charge in [-0.1, -0.05) is 30.3 Å². The summed E-state index contributed by atoms with van der Waals surface area (Å²) in [5.74, 6) is 0. The quantitative estimate of drug-likeness (QED) is 0.911. The first-order valence-electron chi connectivity index (χ1n) is 6.55. The fourth-order valence-electron chi connectivity index (χ4n) is 1.82. The Balaban J connectivity index is 2.04. The second-order valence-electron chi connectivity index (χ2n) is 5.05. The standard InChI is InChI=1S/C15H21N3S/c1-11(2)18(3)15-17-13(10-19-15)9-14(16)12-7-5-4-6-8-12/h4-8,10-11,14H,9,16H2,1-3H3. The second-order valence-corrected chi connectivity index (χ2v) is 5.88. The third-order valence-corrected chi connectivity index (χ3v) is 4.25. The number of aromatic nitrogens is 1. The number of rotatable bonds is 5. The number of nitrogens with two attached hydrogens (primary N) is 1. The third kappa shape index (κ3) is 3.55. The Labute approximate surface area is 119 Å². The summed E-state index contributed by atoms with van der Waals surface area (Å²) in [7, 11) is 2.07. The molecule has 1 heterocycles. The smallest absolute Gasteiger partial charge is 0.185 e. The first-order chi connectivity index (χ1) is 9.08. The molecule has 0 bridgehead atoms. The normalized spacial score (nSPS) is 12.7. The van der Waals surface area contributed by atoms with E-state index in [1.807, 2.05) is 18.2 Å². The predicted molar refractivity (Wildman–Crippen MR) is 82.7 cm³/mol. The zero-order chi connectivity index (χ0) is 13.8. The Morgan fingerprint density at radius 2 is 1.95 bits per heavy atom. The second kappa shape index (κ2) is 6.17. The first-order valence-corrected chi connectivity index (χ1v) is 7.43. The van der Waals surface area contributed by atoms with Crippen LogP contribution in [-0.2, 0) is 6.42 Å². The van der Waals surface area contributed by atoms with Crippen LogP contribution in [0.5, 0.6) is 0 Å². The zero-order valence-corrected chi connectivity index (χ0v) is 12.5. The molecule has 0 amide bonds. The molecule has 2 N–H and O–H groups in total. The van der Waals surface area contributed by atoms with Crippen LogP contribution in [0.25, 0.3) is 0 Å². The van der Waals surface area contributed by atoms with Crippen LogP contribution in [0.15, 0.2) is 35.7 Å². The molecule has 3 nitrogen and oxygen atoms in total. The molecule has 0 saturated carbocycles. The molecule has 0 aliphatic heterocycles. The van der Waals surface area contributed by atoms with Gasteiger partial charge in [0.2, 0.25) is 0 Å². The largest absolute Gasteiger partial charge is 0.349 e. The molecule has 0 saturated heterocycles. The van der Waals surface area contributed by atoms with Gasteiger partial charge in [-0.05, 0) is 19.4 Å². The van der Waals surface area contributed by atoms with Crippen molar-refractivity contribution in [2.24, 2.45) is 5.73 Å². The van der Waals surface area contributed by atoms with Crippen molar-refractivity contribution in [3.05, 3.63) is 47.0 Å². The van der Waals surface area contributed by atoms with Crippen molar-refractivity contribution in [2.75, 3.05) is 11.9 Å². The summed E-state index contributed by atoms with van der Waals surface area (Å²) in [6.45, 7) is 4.33. The van der Waals surface area contributed by atoms with Crippen LogP contribution in [0.3, 0.4) is 0 Å². The van der Waals surface area contributed by atoms with E-state index >= 15 is 0 Å². The van der Waals surface area contributed by atoms with E-state index in [1.165, 1.54) is 0 Å². The Morgan fingerprint density at radius 3 is 2.58 bits per heavy atom. The SMILES string of the molecule is CC(C)N(C)c1nc(CC(N)c2ccccc2)cs1. The molecule has 0 fully saturated rings. The van der Waals surface area contributed by atoms with Gasteiger partial charge in [0, 0.05) is 30.9 Å². The van der Waals surface area contributed by atoms with Crippen molar-refractivity contribution in [3.63, 3.8) is 0 Å². The van der Waals surface area contributed by atoms with Gasteiger partial charge in [0.25, 0.3) is 0 Å². The lowest BCUT2D eigenvalue weighted by Crippen LogP contribution is -2.25. The van der Waals surface area contributed by atoms with Gasteiger partial charge in [0.05, 0.1) is 5.69 Å². The summed E-state index contributed by atoms with van der Waals surface area (Å²) >= 11 is 1.68. The molecule has 2 aromatic rings. The van der Waals surface area contributed by atoms with Gasteiger partial charge >= 0.3 is 0 Å². The summed E-state index contributed by atoms with van der Waals surface area (Å²) in [6, 6.07) is 10.7. The molecule has 102 valence electrons. The van der Waals surface area contributed by atoms with Crippen LogP contribution in [0.1, 0.15) is 31.1 Å². The maximum absolute atomic E-state index is 6.22. The van der Waals surface area contributed by atoms with E-state index in [4.69, 9.17) is 5.73 Å². The highest BCUT2D eigenvalue weighted by atomic mass is 32.1. The average molecular weight is 275 g/mol. The highest BCUT2D eigenvalue weighted by Gasteiger charge is 2.12. The molecule has 0 aliphatic rings. The van der Waals surface area contributed by atoms with Crippen LogP contribution in [0.4, 0.5) is 5.13 Å². The molecular formula is C15H21N3S. The average Bonchev–Trinajstić information content (AvgIpc) is 2.87. The predicted octanol–water partition coefficient (Wildman–Crippen LogP) is 3.23. The van der Waals surface area contributed by atoms with Crippen LogP contribution in [0, 0.1) is 0 Å². The summed E-state index contributed by atoms with van der Waals surface area (Å²) in [6.07, 6.45) is 0.784. The first kappa shape index (κ1) is 14.0. The van der Waals surface area contributed by atoms with Crippen molar-refractivity contribution in [1.82, 2.24) is 4.98 Å². The Kier molecular flexibility index (Phi) is 4.56. The topological polar surface area (TPSA) is 42.2 Å². The van der Waals surface area contributed by atoms with Gasteiger partial charge < -0.3 is 10.6 Å². The molecule has 1 aromatic carbocycles. The van der Waals surface area contributed by atoms with Crippen molar-refractivity contribution in [3.8, 4) is 0 Å². The molecule has 0 radical (unpaired) electrons. The van der Waals surface area contributed by atoms with Gasteiger partial charge in [-0.25, -0.2) is 4.98 Å². The molecule has 2 rings (SSSR count). The van der Waals surface area contributed by atoms with E-state index in [-0.39, 0.29) is 6.04 Å². The third-order valence-electron chi connectivity index (χ3n) is 3.27. The monoisotopic (exact) mass is 275 g/mol. The number of hydrogen-bond acceptors (Lipinski definition) is 4. The lowest BCUT2D eigenvalue weighted by Gasteiger charge is -2.19. The van der Waals surface area contributed by atoms with Gasteiger partial charge in [-0.3, -0.25) is 0 Å². The van der Waals surface area contributed by atoms with Gasteiger partial charge in [-0.2, -0.15) is 0 Å². The molecule has 0 aliphatic carbocycles.